The van der Waals surface area contributed by atoms with Gasteiger partial charge in [-0.3, -0.25) is 4.79 Å². The minimum atomic E-state index is -0.323. The second-order valence-corrected chi connectivity index (χ2v) is 10.9. The molecule has 0 aromatic heterocycles. The summed E-state index contributed by atoms with van der Waals surface area (Å²) in [6.45, 7) is 9.34. The zero-order valence-electron chi connectivity index (χ0n) is 20.5. The molecule has 174 valence electrons. The Morgan fingerprint density at radius 2 is 1.74 bits per heavy atom. The van der Waals surface area contributed by atoms with Crippen LogP contribution in [0.15, 0.2) is 24.3 Å². The third kappa shape index (κ3) is 6.47. The molecule has 1 saturated heterocycles. The molecule has 1 aliphatic heterocycles. The highest BCUT2D eigenvalue weighted by atomic mass is 16.5. The van der Waals surface area contributed by atoms with E-state index in [1.165, 1.54) is 37.7 Å². The SMILES string of the molecule is COc1ccccc1C1CCN(C[C@@H](CC2CCCCC2)N(C)C(=O)C(C)(C)C)CC1. The van der Waals surface area contributed by atoms with E-state index >= 15 is 0 Å². The largest absolute Gasteiger partial charge is 0.496 e. The van der Waals surface area contributed by atoms with Gasteiger partial charge in [0.15, 0.2) is 0 Å². The van der Waals surface area contributed by atoms with Gasteiger partial charge < -0.3 is 14.5 Å². The van der Waals surface area contributed by atoms with Crippen LogP contribution in [0.5, 0.6) is 5.75 Å². The van der Waals surface area contributed by atoms with Crippen LogP contribution < -0.4 is 4.74 Å². The molecule has 1 heterocycles. The van der Waals surface area contributed by atoms with Crippen molar-refractivity contribution in [1.29, 1.82) is 0 Å². The van der Waals surface area contributed by atoms with Crippen LogP contribution in [0.2, 0.25) is 0 Å². The van der Waals surface area contributed by atoms with Gasteiger partial charge in [0, 0.05) is 25.0 Å². The van der Waals surface area contributed by atoms with Crippen LogP contribution in [0.3, 0.4) is 0 Å². The number of methoxy groups -OCH3 is 1. The molecular weight excluding hydrogens is 384 g/mol. The average Bonchev–Trinajstić information content (AvgIpc) is 2.78. The normalized spacial score (nSPS) is 20.4. The molecule has 2 aliphatic rings. The first-order valence-corrected chi connectivity index (χ1v) is 12.4. The van der Waals surface area contributed by atoms with Gasteiger partial charge in [-0.2, -0.15) is 0 Å². The van der Waals surface area contributed by atoms with Crippen molar-refractivity contribution in [2.45, 2.75) is 84.1 Å². The number of carbonyl (C=O) groups is 1. The molecule has 3 rings (SSSR count). The van der Waals surface area contributed by atoms with Gasteiger partial charge in [0.1, 0.15) is 5.75 Å². The van der Waals surface area contributed by atoms with Crippen LogP contribution in [0.25, 0.3) is 0 Å². The molecule has 0 bridgehead atoms. The van der Waals surface area contributed by atoms with Crippen LogP contribution in [0.1, 0.15) is 83.6 Å². The molecule has 4 nitrogen and oxygen atoms in total. The zero-order chi connectivity index (χ0) is 22.4. The maximum absolute atomic E-state index is 13.1. The van der Waals surface area contributed by atoms with Gasteiger partial charge >= 0.3 is 0 Å². The topological polar surface area (TPSA) is 32.8 Å². The summed E-state index contributed by atoms with van der Waals surface area (Å²) in [6.07, 6.45) is 10.3. The molecule has 1 aromatic rings. The van der Waals surface area contributed by atoms with E-state index in [0.717, 1.165) is 50.6 Å². The van der Waals surface area contributed by atoms with Crippen molar-refractivity contribution in [2.75, 3.05) is 33.8 Å². The highest BCUT2D eigenvalue weighted by molar-refractivity contribution is 5.81. The molecule has 1 aliphatic carbocycles. The number of para-hydroxylation sites is 1. The van der Waals surface area contributed by atoms with Crippen LogP contribution in [0, 0.1) is 11.3 Å². The van der Waals surface area contributed by atoms with Crippen molar-refractivity contribution in [3.8, 4) is 5.75 Å². The Balaban J connectivity index is 1.63. The Hall–Kier alpha value is -1.55. The van der Waals surface area contributed by atoms with Crippen molar-refractivity contribution < 1.29 is 9.53 Å². The molecule has 31 heavy (non-hydrogen) atoms. The van der Waals surface area contributed by atoms with E-state index in [2.05, 4.69) is 34.1 Å². The van der Waals surface area contributed by atoms with Crippen molar-refractivity contribution in [1.82, 2.24) is 9.80 Å². The van der Waals surface area contributed by atoms with Gasteiger partial charge in [-0.25, -0.2) is 0 Å². The summed E-state index contributed by atoms with van der Waals surface area (Å²) in [5.74, 6) is 2.64. The first-order valence-electron chi connectivity index (χ1n) is 12.4. The Labute approximate surface area is 190 Å². The van der Waals surface area contributed by atoms with Crippen molar-refractivity contribution in [3.05, 3.63) is 29.8 Å². The minimum Gasteiger partial charge on any atom is -0.496 e. The van der Waals surface area contributed by atoms with Crippen molar-refractivity contribution >= 4 is 5.91 Å². The van der Waals surface area contributed by atoms with Gasteiger partial charge in [0.05, 0.1) is 7.11 Å². The third-order valence-corrected chi connectivity index (χ3v) is 7.48. The smallest absolute Gasteiger partial charge is 0.227 e. The highest BCUT2D eigenvalue weighted by Gasteiger charge is 2.33. The number of piperidine rings is 1. The van der Waals surface area contributed by atoms with Gasteiger partial charge in [-0.05, 0) is 55.8 Å². The van der Waals surface area contributed by atoms with E-state index in [0.29, 0.717) is 12.0 Å². The molecule has 0 N–H and O–H groups in total. The number of rotatable bonds is 7. The van der Waals surface area contributed by atoms with Gasteiger partial charge in [-0.1, -0.05) is 71.1 Å². The molecule has 1 aromatic carbocycles. The fraction of sp³-hybridized carbons (Fsp3) is 0.741. The Morgan fingerprint density at radius 3 is 2.35 bits per heavy atom. The number of likely N-dealkylation sites (N-methyl/N-ethyl adjacent to an activating group) is 1. The van der Waals surface area contributed by atoms with E-state index in [1.54, 1.807) is 7.11 Å². The van der Waals surface area contributed by atoms with Crippen molar-refractivity contribution in [2.24, 2.45) is 11.3 Å². The van der Waals surface area contributed by atoms with Crippen LogP contribution in [0.4, 0.5) is 0 Å². The van der Waals surface area contributed by atoms with E-state index < -0.39 is 0 Å². The lowest BCUT2D eigenvalue weighted by Crippen LogP contribution is -2.50. The highest BCUT2D eigenvalue weighted by Crippen LogP contribution is 2.35. The quantitative estimate of drug-likeness (QED) is 0.557. The van der Waals surface area contributed by atoms with E-state index in [4.69, 9.17) is 4.74 Å². The van der Waals surface area contributed by atoms with Gasteiger partial charge in [-0.15, -0.1) is 0 Å². The molecule has 1 saturated carbocycles. The van der Waals surface area contributed by atoms with Crippen molar-refractivity contribution in [3.63, 3.8) is 0 Å². The predicted octanol–water partition coefficient (Wildman–Crippen LogP) is 5.72. The first-order chi connectivity index (χ1) is 14.8. The number of hydrogen-bond acceptors (Lipinski definition) is 3. The molecule has 0 radical (unpaired) electrons. The second-order valence-electron chi connectivity index (χ2n) is 10.9. The summed E-state index contributed by atoms with van der Waals surface area (Å²) < 4.78 is 5.61. The van der Waals surface area contributed by atoms with Crippen LogP contribution >= 0.6 is 0 Å². The van der Waals surface area contributed by atoms with E-state index in [-0.39, 0.29) is 11.3 Å². The maximum Gasteiger partial charge on any atom is 0.227 e. The second kappa shape index (κ2) is 10.8. The summed E-state index contributed by atoms with van der Waals surface area (Å²) in [5.41, 5.74) is 1.03. The lowest BCUT2D eigenvalue weighted by atomic mass is 9.83. The summed E-state index contributed by atoms with van der Waals surface area (Å²) in [4.78, 5) is 17.8. The van der Waals surface area contributed by atoms with Gasteiger partial charge in [0.2, 0.25) is 5.91 Å². The lowest BCUT2D eigenvalue weighted by Gasteiger charge is -2.40. The van der Waals surface area contributed by atoms with Crippen LogP contribution in [-0.2, 0) is 4.79 Å². The molecule has 0 spiro atoms. The first kappa shape index (κ1) is 24.1. The number of amides is 1. The fourth-order valence-electron chi connectivity index (χ4n) is 5.59. The molecule has 1 atom stereocenters. The average molecular weight is 429 g/mol. The van der Waals surface area contributed by atoms with E-state index in [9.17, 15) is 4.79 Å². The number of carbonyl (C=O) groups excluding carboxylic acids is 1. The molecule has 4 heteroatoms. The summed E-state index contributed by atoms with van der Waals surface area (Å²) in [7, 11) is 3.81. The predicted molar refractivity (Wildman–Crippen MR) is 129 cm³/mol. The summed E-state index contributed by atoms with van der Waals surface area (Å²) in [6, 6.07) is 8.79. The molecular formula is C27H44N2O2. The minimum absolute atomic E-state index is 0.275. The summed E-state index contributed by atoms with van der Waals surface area (Å²) >= 11 is 0. The van der Waals surface area contributed by atoms with E-state index in [1.807, 2.05) is 27.8 Å². The maximum atomic E-state index is 13.1. The Bertz CT molecular complexity index is 697. The Kier molecular flexibility index (Phi) is 8.43. The number of hydrogen-bond donors (Lipinski definition) is 0. The summed E-state index contributed by atoms with van der Waals surface area (Å²) in [5, 5.41) is 0. The number of nitrogens with zero attached hydrogens (tertiary/aromatic N) is 2. The molecule has 0 unspecified atom stereocenters. The standard InChI is InChI=1S/C27H44N2O2/c1-27(2,3)26(30)28(4)23(19-21-11-7-6-8-12-21)20-29-17-15-22(16-18-29)24-13-9-10-14-25(24)31-5/h9-10,13-14,21-23H,6-8,11-12,15-20H2,1-5H3/t23-/m1/s1. The molecule has 2 fully saturated rings. The molecule has 1 amide bonds. The fourth-order valence-corrected chi connectivity index (χ4v) is 5.59. The third-order valence-electron chi connectivity index (χ3n) is 7.48. The zero-order valence-corrected chi connectivity index (χ0v) is 20.5. The monoisotopic (exact) mass is 428 g/mol. The Morgan fingerprint density at radius 1 is 1.10 bits per heavy atom. The number of benzene rings is 1. The number of likely N-dealkylation sites (tertiary alicyclic amines) is 1. The number of ether oxygens (including phenoxy) is 1. The van der Waals surface area contributed by atoms with Crippen LogP contribution in [-0.4, -0.2) is 55.5 Å². The van der Waals surface area contributed by atoms with Gasteiger partial charge in [0.25, 0.3) is 0 Å². The lowest BCUT2D eigenvalue weighted by molar-refractivity contribution is -0.141.